The third-order valence-electron chi connectivity index (χ3n) is 3.34. The van der Waals surface area contributed by atoms with Gasteiger partial charge in [-0.2, -0.15) is 0 Å². The van der Waals surface area contributed by atoms with Crippen LogP contribution in [0.5, 0.6) is 0 Å². The SMILES string of the molecule is CC(C(=O)NCCc1cccc(Cl)c1)C1CC1. The van der Waals surface area contributed by atoms with Crippen LogP contribution < -0.4 is 5.32 Å². The van der Waals surface area contributed by atoms with Crippen molar-refractivity contribution in [1.29, 1.82) is 0 Å². The van der Waals surface area contributed by atoms with Gasteiger partial charge in [0.25, 0.3) is 0 Å². The van der Waals surface area contributed by atoms with Crippen LogP contribution in [0.4, 0.5) is 0 Å². The quantitative estimate of drug-likeness (QED) is 0.856. The molecule has 17 heavy (non-hydrogen) atoms. The normalized spacial score (nSPS) is 16.6. The molecule has 92 valence electrons. The minimum absolute atomic E-state index is 0.175. The highest BCUT2D eigenvalue weighted by molar-refractivity contribution is 6.30. The van der Waals surface area contributed by atoms with Crippen LogP contribution in [0.15, 0.2) is 24.3 Å². The average molecular weight is 252 g/mol. The van der Waals surface area contributed by atoms with Gasteiger partial charge in [0.05, 0.1) is 0 Å². The summed E-state index contributed by atoms with van der Waals surface area (Å²) < 4.78 is 0. The summed E-state index contributed by atoms with van der Waals surface area (Å²) in [6, 6.07) is 7.77. The number of halogens is 1. The van der Waals surface area contributed by atoms with Crippen LogP contribution in [0.1, 0.15) is 25.3 Å². The van der Waals surface area contributed by atoms with Crippen LogP contribution in [0.3, 0.4) is 0 Å². The molecule has 0 heterocycles. The monoisotopic (exact) mass is 251 g/mol. The number of carbonyl (C=O) groups excluding carboxylic acids is 1. The molecule has 1 aliphatic rings. The van der Waals surface area contributed by atoms with Gasteiger partial charge in [-0.15, -0.1) is 0 Å². The fourth-order valence-electron chi connectivity index (χ4n) is 1.99. The zero-order valence-electron chi connectivity index (χ0n) is 10.1. The number of hydrogen-bond acceptors (Lipinski definition) is 1. The zero-order valence-corrected chi connectivity index (χ0v) is 10.8. The fourth-order valence-corrected chi connectivity index (χ4v) is 2.21. The molecular formula is C14H18ClNO. The van der Waals surface area contributed by atoms with Gasteiger partial charge in [0.15, 0.2) is 0 Å². The molecule has 1 aromatic carbocycles. The fraction of sp³-hybridized carbons (Fsp3) is 0.500. The molecule has 1 fully saturated rings. The Morgan fingerprint density at radius 2 is 2.29 bits per heavy atom. The van der Waals surface area contributed by atoms with Crippen LogP contribution in [0, 0.1) is 11.8 Å². The Bertz CT molecular complexity index is 401. The Balaban J connectivity index is 1.73. The second-order valence-corrected chi connectivity index (χ2v) is 5.23. The predicted molar refractivity (Wildman–Crippen MR) is 70.1 cm³/mol. The first kappa shape index (κ1) is 12.4. The van der Waals surface area contributed by atoms with E-state index in [4.69, 9.17) is 11.6 Å². The van der Waals surface area contributed by atoms with Gasteiger partial charge in [-0.25, -0.2) is 0 Å². The van der Waals surface area contributed by atoms with Crippen LogP contribution >= 0.6 is 11.6 Å². The second kappa shape index (κ2) is 5.54. The summed E-state index contributed by atoms with van der Waals surface area (Å²) >= 11 is 5.90. The largest absolute Gasteiger partial charge is 0.356 e. The third-order valence-corrected chi connectivity index (χ3v) is 3.58. The highest BCUT2D eigenvalue weighted by Gasteiger charge is 2.32. The Morgan fingerprint density at radius 1 is 1.53 bits per heavy atom. The molecule has 2 rings (SSSR count). The lowest BCUT2D eigenvalue weighted by Crippen LogP contribution is -2.31. The molecule has 1 N–H and O–H groups in total. The lowest BCUT2D eigenvalue weighted by atomic mass is 10.1. The van der Waals surface area contributed by atoms with Crippen molar-refractivity contribution in [3.05, 3.63) is 34.9 Å². The van der Waals surface area contributed by atoms with Gasteiger partial charge in [-0.05, 0) is 42.9 Å². The lowest BCUT2D eigenvalue weighted by Gasteiger charge is -2.10. The van der Waals surface area contributed by atoms with Gasteiger partial charge in [0.2, 0.25) is 5.91 Å². The van der Waals surface area contributed by atoms with Crippen molar-refractivity contribution in [3.8, 4) is 0 Å². The summed E-state index contributed by atoms with van der Waals surface area (Å²) in [6.07, 6.45) is 3.26. The minimum atomic E-state index is 0.175. The molecule has 0 spiro atoms. The van der Waals surface area contributed by atoms with Gasteiger partial charge in [0, 0.05) is 17.5 Å². The van der Waals surface area contributed by atoms with Crippen molar-refractivity contribution < 1.29 is 4.79 Å². The maximum absolute atomic E-state index is 11.7. The standard InChI is InChI=1S/C14H18ClNO/c1-10(12-5-6-12)14(17)16-8-7-11-3-2-4-13(15)9-11/h2-4,9-10,12H,5-8H2,1H3,(H,16,17). The summed E-state index contributed by atoms with van der Waals surface area (Å²) in [5.41, 5.74) is 1.16. The smallest absolute Gasteiger partial charge is 0.223 e. The Labute approximate surface area is 107 Å². The molecule has 3 heteroatoms. The highest BCUT2D eigenvalue weighted by Crippen LogP contribution is 2.36. The first-order valence-electron chi connectivity index (χ1n) is 6.19. The molecule has 0 aliphatic heterocycles. The van der Waals surface area contributed by atoms with E-state index in [1.54, 1.807) is 0 Å². The third kappa shape index (κ3) is 3.74. The Morgan fingerprint density at radius 3 is 2.94 bits per heavy atom. The van der Waals surface area contributed by atoms with Crippen molar-refractivity contribution in [2.75, 3.05) is 6.54 Å². The van der Waals surface area contributed by atoms with E-state index in [1.165, 1.54) is 12.8 Å². The molecule has 0 aromatic heterocycles. The van der Waals surface area contributed by atoms with Crippen molar-refractivity contribution in [1.82, 2.24) is 5.32 Å². The maximum atomic E-state index is 11.7. The van der Waals surface area contributed by atoms with E-state index in [2.05, 4.69) is 5.32 Å². The minimum Gasteiger partial charge on any atom is -0.356 e. The van der Waals surface area contributed by atoms with Crippen molar-refractivity contribution in [2.24, 2.45) is 11.8 Å². The lowest BCUT2D eigenvalue weighted by molar-refractivity contribution is -0.125. The van der Waals surface area contributed by atoms with Crippen LogP contribution in [0.2, 0.25) is 5.02 Å². The summed E-state index contributed by atoms with van der Waals surface area (Å²) in [6.45, 7) is 2.71. The molecule has 1 saturated carbocycles. The zero-order chi connectivity index (χ0) is 12.3. The molecule has 1 unspecified atom stereocenters. The summed E-state index contributed by atoms with van der Waals surface area (Å²) in [5, 5.41) is 3.74. The molecule has 0 radical (unpaired) electrons. The van der Waals surface area contributed by atoms with E-state index in [0.717, 1.165) is 17.0 Å². The van der Waals surface area contributed by atoms with Crippen molar-refractivity contribution in [3.63, 3.8) is 0 Å². The molecule has 2 nitrogen and oxygen atoms in total. The van der Waals surface area contributed by atoms with Crippen molar-refractivity contribution in [2.45, 2.75) is 26.2 Å². The van der Waals surface area contributed by atoms with Crippen molar-refractivity contribution >= 4 is 17.5 Å². The van der Waals surface area contributed by atoms with E-state index >= 15 is 0 Å². The van der Waals surface area contributed by atoms with E-state index in [0.29, 0.717) is 12.5 Å². The van der Waals surface area contributed by atoms with E-state index in [9.17, 15) is 4.79 Å². The van der Waals surface area contributed by atoms with E-state index in [1.807, 2.05) is 31.2 Å². The molecule has 1 atom stereocenters. The molecule has 0 bridgehead atoms. The molecule has 0 saturated heterocycles. The predicted octanol–water partition coefficient (Wildman–Crippen LogP) is 3.04. The number of carbonyl (C=O) groups is 1. The molecular weight excluding hydrogens is 234 g/mol. The molecule has 1 aromatic rings. The summed E-state index contributed by atoms with van der Waals surface area (Å²) in [4.78, 5) is 11.7. The number of rotatable bonds is 5. The summed E-state index contributed by atoms with van der Waals surface area (Å²) in [7, 11) is 0. The van der Waals surface area contributed by atoms with Gasteiger partial charge < -0.3 is 5.32 Å². The van der Waals surface area contributed by atoms with Crippen LogP contribution in [-0.4, -0.2) is 12.5 Å². The topological polar surface area (TPSA) is 29.1 Å². The van der Waals surface area contributed by atoms with Gasteiger partial charge >= 0.3 is 0 Å². The van der Waals surface area contributed by atoms with E-state index in [-0.39, 0.29) is 11.8 Å². The van der Waals surface area contributed by atoms with Crippen LogP contribution in [0.25, 0.3) is 0 Å². The number of benzene rings is 1. The van der Waals surface area contributed by atoms with Gasteiger partial charge in [-0.3, -0.25) is 4.79 Å². The molecule has 1 aliphatic carbocycles. The second-order valence-electron chi connectivity index (χ2n) is 4.80. The van der Waals surface area contributed by atoms with Crippen LogP contribution in [-0.2, 0) is 11.2 Å². The average Bonchev–Trinajstić information content (AvgIpc) is 3.12. The maximum Gasteiger partial charge on any atom is 0.223 e. The first-order chi connectivity index (χ1) is 8.16. The Kier molecular flexibility index (Phi) is 4.06. The Hall–Kier alpha value is -1.02. The number of nitrogens with one attached hydrogen (secondary N) is 1. The van der Waals surface area contributed by atoms with Gasteiger partial charge in [-0.1, -0.05) is 30.7 Å². The van der Waals surface area contributed by atoms with Gasteiger partial charge in [0.1, 0.15) is 0 Å². The number of amides is 1. The first-order valence-corrected chi connectivity index (χ1v) is 6.57. The summed E-state index contributed by atoms with van der Waals surface area (Å²) in [5.74, 6) is 0.991. The molecule has 1 amide bonds. The highest BCUT2D eigenvalue weighted by atomic mass is 35.5. The number of hydrogen-bond donors (Lipinski definition) is 1. The van der Waals surface area contributed by atoms with E-state index < -0.39 is 0 Å².